The standard InChI is InChI=1S/C23H20N4O5S/c1-13-8-10-16(11-9-13)21-25-22(32-26-21)20-14(2)15(3)33-23(20)24-19(28)12-31-18-7-5-4-6-17(18)27(29)30/h4-11H,12H2,1-3H3,(H,24,28). The predicted molar refractivity (Wildman–Crippen MR) is 124 cm³/mol. The quantitative estimate of drug-likeness (QED) is 0.290. The average Bonchev–Trinajstić information content (AvgIpc) is 3.37. The molecule has 4 rings (SSSR count). The Balaban J connectivity index is 1.53. The molecule has 33 heavy (non-hydrogen) atoms. The van der Waals surface area contributed by atoms with E-state index in [1.165, 1.54) is 29.5 Å². The van der Waals surface area contributed by atoms with Crippen molar-refractivity contribution in [1.29, 1.82) is 0 Å². The molecule has 168 valence electrons. The lowest BCUT2D eigenvalue weighted by molar-refractivity contribution is -0.385. The van der Waals surface area contributed by atoms with E-state index in [0.717, 1.165) is 21.6 Å². The maximum absolute atomic E-state index is 12.6. The summed E-state index contributed by atoms with van der Waals surface area (Å²) >= 11 is 1.38. The molecule has 4 aromatic rings. The van der Waals surface area contributed by atoms with Crippen LogP contribution in [0.5, 0.6) is 5.75 Å². The van der Waals surface area contributed by atoms with Crippen molar-refractivity contribution in [2.45, 2.75) is 20.8 Å². The van der Waals surface area contributed by atoms with Crippen LogP contribution in [0.2, 0.25) is 0 Å². The number of thiophene rings is 1. The third-order valence-electron chi connectivity index (χ3n) is 5.01. The fourth-order valence-corrected chi connectivity index (χ4v) is 4.22. The molecular weight excluding hydrogens is 444 g/mol. The number of ether oxygens (including phenoxy) is 1. The van der Waals surface area contributed by atoms with Gasteiger partial charge in [-0.25, -0.2) is 0 Å². The number of hydrogen-bond acceptors (Lipinski definition) is 8. The van der Waals surface area contributed by atoms with Crippen LogP contribution in [-0.4, -0.2) is 27.6 Å². The Kier molecular flexibility index (Phi) is 6.18. The topological polar surface area (TPSA) is 120 Å². The van der Waals surface area contributed by atoms with Crippen LogP contribution in [0.1, 0.15) is 16.0 Å². The molecule has 0 spiro atoms. The van der Waals surface area contributed by atoms with Crippen molar-refractivity contribution >= 4 is 27.9 Å². The zero-order valence-corrected chi connectivity index (χ0v) is 18.9. The second kappa shape index (κ2) is 9.21. The van der Waals surface area contributed by atoms with E-state index in [4.69, 9.17) is 9.26 Å². The number of nitrogens with one attached hydrogen (secondary N) is 1. The number of aromatic nitrogens is 2. The summed E-state index contributed by atoms with van der Waals surface area (Å²) in [7, 11) is 0. The van der Waals surface area contributed by atoms with Gasteiger partial charge in [-0.1, -0.05) is 47.1 Å². The molecule has 0 radical (unpaired) electrons. The molecule has 0 bridgehead atoms. The number of nitrogens with zero attached hydrogens (tertiary/aromatic N) is 3. The van der Waals surface area contributed by atoms with Crippen LogP contribution in [0.15, 0.2) is 53.1 Å². The lowest BCUT2D eigenvalue weighted by atomic mass is 10.1. The number of carbonyl (C=O) groups excluding carboxylic acids is 1. The first-order chi connectivity index (χ1) is 15.8. The molecule has 2 aromatic heterocycles. The summed E-state index contributed by atoms with van der Waals surface area (Å²) < 4.78 is 10.9. The molecule has 2 aromatic carbocycles. The fourth-order valence-electron chi connectivity index (χ4n) is 3.15. The summed E-state index contributed by atoms with van der Waals surface area (Å²) in [4.78, 5) is 28.6. The number of rotatable bonds is 7. The Labute approximate surface area is 193 Å². The number of hydrogen-bond donors (Lipinski definition) is 1. The molecule has 0 saturated heterocycles. The number of amides is 1. The number of carbonyl (C=O) groups is 1. The van der Waals surface area contributed by atoms with Gasteiger partial charge in [-0.05, 0) is 32.4 Å². The van der Waals surface area contributed by atoms with Crippen LogP contribution in [0.25, 0.3) is 22.8 Å². The Morgan fingerprint density at radius 2 is 1.88 bits per heavy atom. The van der Waals surface area contributed by atoms with Gasteiger partial charge in [-0.2, -0.15) is 4.98 Å². The maximum Gasteiger partial charge on any atom is 0.310 e. The van der Waals surface area contributed by atoms with E-state index in [-0.39, 0.29) is 11.4 Å². The normalized spacial score (nSPS) is 10.8. The van der Waals surface area contributed by atoms with Crippen molar-refractivity contribution in [2.75, 3.05) is 11.9 Å². The minimum Gasteiger partial charge on any atom is -0.477 e. The highest BCUT2D eigenvalue weighted by molar-refractivity contribution is 7.17. The summed E-state index contributed by atoms with van der Waals surface area (Å²) in [5.74, 6) is 0.303. The van der Waals surface area contributed by atoms with Crippen molar-refractivity contribution in [1.82, 2.24) is 10.1 Å². The van der Waals surface area contributed by atoms with Gasteiger partial charge in [0.15, 0.2) is 12.4 Å². The van der Waals surface area contributed by atoms with E-state index >= 15 is 0 Å². The van der Waals surface area contributed by atoms with Gasteiger partial charge < -0.3 is 14.6 Å². The van der Waals surface area contributed by atoms with Gasteiger partial charge in [0.1, 0.15) is 5.00 Å². The number of nitro benzene ring substituents is 1. The Bertz CT molecular complexity index is 1330. The van der Waals surface area contributed by atoms with Gasteiger partial charge in [0.2, 0.25) is 5.82 Å². The van der Waals surface area contributed by atoms with E-state index in [2.05, 4.69) is 15.5 Å². The molecule has 10 heteroatoms. The van der Waals surface area contributed by atoms with Crippen LogP contribution in [0.4, 0.5) is 10.7 Å². The fraction of sp³-hybridized carbons (Fsp3) is 0.174. The molecule has 0 aliphatic rings. The molecule has 2 heterocycles. The van der Waals surface area contributed by atoms with Gasteiger partial charge in [-0.3, -0.25) is 14.9 Å². The first-order valence-corrected chi connectivity index (χ1v) is 10.8. The van der Waals surface area contributed by atoms with Crippen molar-refractivity contribution < 1.29 is 19.0 Å². The average molecular weight is 465 g/mol. The van der Waals surface area contributed by atoms with Crippen LogP contribution >= 0.6 is 11.3 Å². The SMILES string of the molecule is Cc1ccc(-c2noc(-c3c(NC(=O)COc4ccccc4[N+](=O)[O-])sc(C)c3C)n2)cc1. The smallest absolute Gasteiger partial charge is 0.310 e. The van der Waals surface area contributed by atoms with Gasteiger partial charge in [0.25, 0.3) is 11.8 Å². The van der Waals surface area contributed by atoms with E-state index in [0.29, 0.717) is 22.3 Å². The first-order valence-electron chi connectivity index (χ1n) is 10.0. The van der Waals surface area contributed by atoms with Gasteiger partial charge in [-0.15, -0.1) is 11.3 Å². The summed E-state index contributed by atoms with van der Waals surface area (Å²) in [6.07, 6.45) is 0. The molecule has 0 fully saturated rings. The van der Waals surface area contributed by atoms with Crippen molar-refractivity contribution in [3.63, 3.8) is 0 Å². The van der Waals surface area contributed by atoms with Crippen LogP contribution in [-0.2, 0) is 4.79 Å². The molecule has 1 amide bonds. The molecule has 0 atom stereocenters. The molecule has 0 saturated carbocycles. The lowest BCUT2D eigenvalue weighted by Crippen LogP contribution is -2.20. The molecule has 0 aliphatic heterocycles. The highest BCUT2D eigenvalue weighted by atomic mass is 32.1. The first kappa shape index (κ1) is 22.2. The van der Waals surface area contributed by atoms with Crippen LogP contribution < -0.4 is 10.1 Å². The minimum atomic E-state index is -0.557. The van der Waals surface area contributed by atoms with Gasteiger partial charge in [0, 0.05) is 16.5 Å². The third-order valence-corrected chi connectivity index (χ3v) is 6.13. The van der Waals surface area contributed by atoms with E-state index in [1.807, 2.05) is 45.0 Å². The zero-order chi connectivity index (χ0) is 23.5. The minimum absolute atomic E-state index is 0.0241. The predicted octanol–water partition coefficient (Wildman–Crippen LogP) is 5.32. The third kappa shape index (κ3) is 4.75. The van der Waals surface area contributed by atoms with Crippen molar-refractivity contribution in [3.05, 3.63) is 74.6 Å². The number of aryl methyl sites for hydroxylation is 2. The maximum atomic E-state index is 12.6. The van der Waals surface area contributed by atoms with Crippen molar-refractivity contribution in [2.24, 2.45) is 0 Å². The second-order valence-electron chi connectivity index (χ2n) is 7.34. The second-order valence-corrected chi connectivity index (χ2v) is 8.56. The van der Waals surface area contributed by atoms with Crippen LogP contribution in [0, 0.1) is 30.9 Å². The highest BCUT2D eigenvalue weighted by Gasteiger charge is 2.23. The van der Waals surface area contributed by atoms with Crippen LogP contribution in [0.3, 0.4) is 0 Å². The van der Waals surface area contributed by atoms with E-state index in [1.54, 1.807) is 6.07 Å². The lowest BCUT2D eigenvalue weighted by Gasteiger charge is -2.07. The van der Waals surface area contributed by atoms with Gasteiger partial charge in [0.05, 0.1) is 10.5 Å². The Morgan fingerprint density at radius 3 is 2.61 bits per heavy atom. The van der Waals surface area contributed by atoms with E-state index in [9.17, 15) is 14.9 Å². The molecule has 1 N–H and O–H groups in total. The van der Waals surface area contributed by atoms with Crippen molar-refractivity contribution in [3.8, 4) is 28.6 Å². The summed E-state index contributed by atoms with van der Waals surface area (Å²) in [5, 5.41) is 18.6. The molecule has 0 unspecified atom stereocenters. The number of para-hydroxylation sites is 2. The summed E-state index contributed by atoms with van der Waals surface area (Å²) in [6, 6.07) is 13.7. The Morgan fingerprint density at radius 1 is 1.15 bits per heavy atom. The number of nitro groups is 1. The molecular formula is C23H20N4O5S. The number of anilines is 1. The highest BCUT2D eigenvalue weighted by Crippen LogP contribution is 2.40. The summed E-state index contributed by atoms with van der Waals surface area (Å²) in [5.41, 5.74) is 3.29. The monoisotopic (exact) mass is 464 g/mol. The number of benzene rings is 2. The molecule has 9 nitrogen and oxygen atoms in total. The summed E-state index contributed by atoms with van der Waals surface area (Å²) in [6.45, 7) is 5.45. The zero-order valence-electron chi connectivity index (χ0n) is 18.1. The Hall–Kier alpha value is -4.05. The molecule has 0 aliphatic carbocycles. The largest absolute Gasteiger partial charge is 0.477 e. The van der Waals surface area contributed by atoms with E-state index < -0.39 is 17.4 Å². The van der Waals surface area contributed by atoms with Gasteiger partial charge >= 0.3 is 5.69 Å².